The zero-order valence-electron chi connectivity index (χ0n) is 24.7. The van der Waals surface area contributed by atoms with Gasteiger partial charge in [-0.3, -0.25) is 0 Å². The van der Waals surface area contributed by atoms with Crippen LogP contribution in [0, 0.1) is 0 Å². The van der Waals surface area contributed by atoms with E-state index in [9.17, 15) is 0 Å². The average molecular weight is 621 g/mol. The molecule has 0 saturated heterocycles. The first-order valence-corrected chi connectivity index (χ1v) is 21.5. The molecule has 2 rings (SSSR count). The Hall–Kier alpha value is -0.00623. The Balaban J connectivity index is 2.82. The lowest BCUT2D eigenvalue weighted by atomic mass is 9.89. The van der Waals surface area contributed by atoms with Crippen molar-refractivity contribution in [3.63, 3.8) is 0 Å². The summed E-state index contributed by atoms with van der Waals surface area (Å²) in [5, 5.41) is 1.83. The van der Waals surface area contributed by atoms with E-state index >= 15 is 0 Å². The molecule has 0 radical (unpaired) electrons. The van der Waals surface area contributed by atoms with Gasteiger partial charge in [-0.1, -0.05) is 107 Å². The molecule has 0 unspecified atom stereocenters. The van der Waals surface area contributed by atoms with Crippen molar-refractivity contribution >= 4 is 68.6 Å². The molecule has 7 heteroatoms. The average Bonchev–Trinajstić information content (AvgIpc) is 2.75. The van der Waals surface area contributed by atoms with Gasteiger partial charge < -0.3 is 4.12 Å². The third kappa shape index (κ3) is 7.60. The van der Waals surface area contributed by atoms with Gasteiger partial charge in [0.05, 0.1) is 0 Å². The van der Waals surface area contributed by atoms with Crippen molar-refractivity contribution < 1.29 is 4.12 Å². The van der Waals surface area contributed by atoms with Crippen LogP contribution in [0.3, 0.4) is 0 Å². The smallest absolute Gasteiger partial charge is 0.404 e. The van der Waals surface area contributed by atoms with E-state index < -0.39 is 13.9 Å². The largest absolute Gasteiger partial charge is 0.415 e. The Morgan fingerprint density at radius 1 is 0.432 bits per heavy atom. The SMILES string of the molecule is CC(C)c1cc(C(C)C)c([Si](Cl)(Cl)O[Si](Cl)(Cl)c2c(C(C)C)cc(C(C)C)cc2C(C)C)c(C(C)C)c1. The minimum Gasteiger partial charge on any atom is -0.404 e. The maximum absolute atomic E-state index is 7.32. The van der Waals surface area contributed by atoms with Crippen LogP contribution < -0.4 is 10.4 Å². The highest BCUT2D eigenvalue weighted by molar-refractivity contribution is 7.56. The molecule has 0 heterocycles. The van der Waals surface area contributed by atoms with Crippen LogP contribution in [-0.4, -0.2) is 13.9 Å². The van der Waals surface area contributed by atoms with Gasteiger partial charge in [0.25, 0.3) is 0 Å². The summed E-state index contributed by atoms with van der Waals surface area (Å²) in [7, 11) is 0. The molecule has 0 spiro atoms. The van der Waals surface area contributed by atoms with E-state index in [0.717, 1.165) is 32.6 Å². The van der Waals surface area contributed by atoms with Crippen LogP contribution in [0.15, 0.2) is 24.3 Å². The van der Waals surface area contributed by atoms with Crippen LogP contribution in [0.2, 0.25) is 0 Å². The first-order valence-electron chi connectivity index (χ1n) is 13.6. The molecule has 0 N–H and O–H groups in total. The topological polar surface area (TPSA) is 9.23 Å². The molecule has 0 atom stereocenters. The Bertz CT molecular complexity index is 945. The maximum atomic E-state index is 7.32. The molecule has 0 fully saturated rings. The molecular formula is C30H46Cl4OSi2. The monoisotopic (exact) mass is 618 g/mol. The second-order valence-corrected chi connectivity index (χ2v) is 23.6. The predicted molar refractivity (Wildman–Crippen MR) is 173 cm³/mol. The van der Waals surface area contributed by atoms with E-state index in [1.165, 1.54) is 11.1 Å². The van der Waals surface area contributed by atoms with Crippen molar-refractivity contribution in [2.24, 2.45) is 0 Å². The number of hydrogen-bond acceptors (Lipinski definition) is 1. The van der Waals surface area contributed by atoms with Crippen LogP contribution in [0.25, 0.3) is 0 Å². The van der Waals surface area contributed by atoms with Crippen molar-refractivity contribution in [1.29, 1.82) is 0 Å². The molecule has 37 heavy (non-hydrogen) atoms. The van der Waals surface area contributed by atoms with Crippen molar-refractivity contribution in [3.8, 4) is 0 Å². The van der Waals surface area contributed by atoms with Gasteiger partial charge in [-0.2, -0.15) is 0 Å². The van der Waals surface area contributed by atoms with Gasteiger partial charge >= 0.3 is 13.9 Å². The molecular weight excluding hydrogens is 574 g/mol. The molecule has 208 valence electrons. The summed E-state index contributed by atoms with van der Waals surface area (Å²) in [6.07, 6.45) is 0. The number of rotatable bonds is 10. The normalized spacial score (nSPS) is 13.4. The molecule has 0 aromatic heterocycles. The van der Waals surface area contributed by atoms with Crippen LogP contribution in [-0.2, 0) is 4.12 Å². The van der Waals surface area contributed by atoms with Gasteiger partial charge in [0.1, 0.15) is 0 Å². The van der Waals surface area contributed by atoms with Gasteiger partial charge in [-0.15, -0.1) is 44.3 Å². The minimum atomic E-state index is -3.58. The fourth-order valence-corrected chi connectivity index (χ4v) is 17.9. The van der Waals surface area contributed by atoms with Crippen LogP contribution in [0.5, 0.6) is 0 Å². The van der Waals surface area contributed by atoms with E-state index in [1.54, 1.807) is 0 Å². The highest BCUT2D eigenvalue weighted by Gasteiger charge is 2.50. The van der Waals surface area contributed by atoms with E-state index in [4.69, 9.17) is 48.4 Å². The zero-order chi connectivity index (χ0) is 28.6. The van der Waals surface area contributed by atoms with Crippen LogP contribution in [0.1, 0.15) is 152 Å². The highest BCUT2D eigenvalue weighted by atomic mass is 35.7. The second-order valence-electron chi connectivity index (χ2n) is 12.2. The Morgan fingerprint density at radius 2 is 0.649 bits per heavy atom. The van der Waals surface area contributed by atoms with Gasteiger partial charge in [-0.05, 0) is 68.9 Å². The summed E-state index contributed by atoms with van der Waals surface area (Å²) in [6.45, 7) is 19.1. The quantitative estimate of drug-likeness (QED) is 0.190. The Morgan fingerprint density at radius 3 is 0.811 bits per heavy atom. The van der Waals surface area contributed by atoms with Crippen molar-refractivity contribution in [1.82, 2.24) is 0 Å². The molecule has 1 nitrogen and oxygen atoms in total. The van der Waals surface area contributed by atoms with E-state index in [-0.39, 0.29) is 23.7 Å². The molecule has 0 aliphatic rings. The lowest BCUT2D eigenvalue weighted by molar-refractivity contribution is 0.625. The first kappa shape index (κ1) is 33.2. The maximum Gasteiger partial charge on any atom is 0.415 e. The molecule has 0 aliphatic heterocycles. The fourth-order valence-electron chi connectivity index (χ4n) is 4.85. The highest BCUT2D eigenvalue weighted by Crippen LogP contribution is 2.37. The van der Waals surface area contributed by atoms with Crippen molar-refractivity contribution in [2.45, 2.75) is 119 Å². The van der Waals surface area contributed by atoms with E-state index in [1.807, 2.05) is 0 Å². The Kier molecular flexibility index (Phi) is 11.4. The Labute approximate surface area is 247 Å². The van der Waals surface area contributed by atoms with Gasteiger partial charge in [0.2, 0.25) is 0 Å². The fraction of sp³-hybridized carbons (Fsp3) is 0.600. The zero-order valence-corrected chi connectivity index (χ0v) is 29.7. The van der Waals surface area contributed by atoms with Gasteiger partial charge in [0.15, 0.2) is 0 Å². The molecule has 0 bridgehead atoms. The second kappa shape index (κ2) is 12.7. The third-order valence-electron chi connectivity index (χ3n) is 7.10. The molecule has 0 aliphatic carbocycles. The lowest BCUT2D eigenvalue weighted by Gasteiger charge is -2.34. The van der Waals surface area contributed by atoms with E-state index in [2.05, 4.69) is 107 Å². The lowest BCUT2D eigenvalue weighted by Crippen LogP contribution is -2.56. The molecule has 0 amide bonds. The molecule has 2 aromatic carbocycles. The van der Waals surface area contributed by atoms with Crippen LogP contribution in [0.4, 0.5) is 0 Å². The van der Waals surface area contributed by atoms with Crippen molar-refractivity contribution in [3.05, 3.63) is 57.6 Å². The standard InChI is InChI=1S/C30H46Cl4OSi2/c1-17(2)23-13-25(19(5)6)29(26(14-23)20(7)8)36(31,32)35-37(33,34)30-27(21(9)10)15-24(18(3)4)16-28(30)22(11)12/h13-22H,1-12H3. The van der Waals surface area contributed by atoms with E-state index in [0.29, 0.717) is 11.8 Å². The first-order chi connectivity index (χ1) is 16.8. The minimum absolute atomic E-state index is 0.226. The summed E-state index contributed by atoms with van der Waals surface area (Å²) in [4.78, 5) is 0. The number of hydrogen-bond donors (Lipinski definition) is 0. The summed E-state index contributed by atoms with van der Waals surface area (Å²) >= 11 is 29.3. The molecule has 0 saturated carbocycles. The van der Waals surface area contributed by atoms with Gasteiger partial charge in [-0.25, -0.2) is 0 Å². The summed E-state index contributed by atoms with van der Waals surface area (Å²) in [5.74, 6) is 1.69. The molecule has 2 aromatic rings. The summed E-state index contributed by atoms with van der Waals surface area (Å²) in [5.41, 5.74) is 7.09. The third-order valence-corrected chi connectivity index (χ3v) is 16.5. The summed E-state index contributed by atoms with van der Waals surface area (Å²) < 4.78 is 6.70. The van der Waals surface area contributed by atoms with Gasteiger partial charge in [0, 0.05) is 10.4 Å². The number of halogens is 4. The number of benzene rings is 2. The predicted octanol–water partition coefficient (Wildman–Crippen LogP) is 10.4. The summed E-state index contributed by atoms with van der Waals surface area (Å²) in [6, 6.07) is 8.98. The van der Waals surface area contributed by atoms with Crippen LogP contribution >= 0.6 is 44.3 Å². The van der Waals surface area contributed by atoms with Crippen molar-refractivity contribution in [2.75, 3.05) is 0 Å².